The van der Waals surface area contributed by atoms with Crippen molar-refractivity contribution >= 4 is 17.8 Å². The van der Waals surface area contributed by atoms with Crippen molar-refractivity contribution in [1.82, 2.24) is 14.7 Å². The third kappa shape index (κ3) is 12.7. The number of hydrogen-bond donors (Lipinski definition) is 2. The van der Waals surface area contributed by atoms with E-state index in [1.165, 1.54) is 14.0 Å². The fourth-order valence-electron chi connectivity index (χ4n) is 9.14. The Kier molecular flexibility index (Phi) is 18.2. The fourth-order valence-corrected chi connectivity index (χ4v) is 9.14. The summed E-state index contributed by atoms with van der Waals surface area (Å²) in [6.07, 6.45) is -4.27. The van der Waals surface area contributed by atoms with Gasteiger partial charge in [-0.25, -0.2) is 0 Å². The molecule has 0 aliphatic carbocycles. The molecule has 3 aliphatic heterocycles. The summed E-state index contributed by atoms with van der Waals surface area (Å²) in [5.74, 6) is -2.82. The predicted molar refractivity (Wildman–Crippen MR) is 218 cm³/mol. The fraction of sp³-hybridized carbons (Fsp3) is 0.884. The minimum absolute atomic E-state index is 0.0116. The molecule has 58 heavy (non-hydrogen) atoms. The predicted octanol–water partition coefficient (Wildman–Crippen LogP) is 3.76. The van der Waals surface area contributed by atoms with Gasteiger partial charge in [-0.3, -0.25) is 19.3 Å². The van der Waals surface area contributed by atoms with E-state index in [-0.39, 0.29) is 37.3 Å². The maximum absolute atomic E-state index is 14.3. The van der Waals surface area contributed by atoms with Crippen LogP contribution in [0.5, 0.6) is 0 Å². The highest BCUT2D eigenvalue weighted by Gasteiger charge is 2.53. The lowest BCUT2D eigenvalue weighted by molar-refractivity contribution is -0.318. The zero-order valence-corrected chi connectivity index (χ0v) is 38.2. The highest BCUT2D eigenvalue weighted by molar-refractivity contribution is 5.78. The third-order valence-corrected chi connectivity index (χ3v) is 12.4. The molecule has 0 unspecified atom stereocenters. The number of methoxy groups -OCH3 is 1. The van der Waals surface area contributed by atoms with Crippen LogP contribution >= 0.6 is 0 Å². The molecule has 336 valence electrons. The van der Waals surface area contributed by atoms with Crippen LogP contribution in [0.25, 0.3) is 0 Å². The van der Waals surface area contributed by atoms with Crippen LogP contribution in [0.4, 0.5) is 0 Å². The van der Waals surface area contributed by atoms with Crippen molar-refractivity contribution in [1.29, 1.82) is 0 Å². The van der Waals surface area contributed by atoms with Gasteiger partial charge in [0.1, 0.15) is 17.8 Å². The summed E-state index contributed by atoms with van der Waals surface area (Å²) in [5, 5.41) is 24.6. The van der Waals surface area contributed by atoms with Gasteiger partial charge in [0, 0.05) is 46.0 Å². The van der Waals surface area contributed by atoms with Gasteiger partial charge in [0.2, 0.25) is 5.91 Å². The number of nitrogens with zero attached hydrogens (tertiary/aromatic N) is 3. The SMILES string of the molecule is CC[C@H]1OC(=O)[C@H](C)[C@@H](O[C@H]2C[C@@](C)(OC)[C@@H](OC(C)=O)[C@H](C)O2)[C@H](C)[C@@H](O[C@@H]2O[C@H](C)C[C@H](N(C)C(=O)CN(C)C)[C@H]2O)[C@](C)(O)C[C@@H](C)CN(C)[C@H](C)/C=C/1C. The van der Waals surface area contributed by atoms with Crippen LogP contribution in [0.1, 0.15) is 102 Å². The molecule has 1 amide bonds. The minimum Gasteiger partial charge on any atom is -0.458 e. The van der Waals surface area contributed by atoms with Crippen molar-refractivity contribution in [2.45, 2.75) is 180 Å². The lowest BCUT2D eigenvalue weighted by Crippen LogP contribution is -2.61. The number of hydrogen-bond acceptors (Lipinski definition) is 14. The molecule has 0 aromatic rings. The second-order valence-electron chi connectivity index (χ2n) is 18.3. The number of aliphatic hydroxyl groups excluding tert-OH is 1. The number of carbonyl (C=O) groups excluding carboxylic acids is 3. The van der Waals surface area contributed by atoms with E-state index in [0.717, 1.165) is 5.57 Å². The molecule has 15 heteroatoms. The van der Waals surface area contributed by atoms with Gasteiger partial charge in [0.05, 0.1) is 48.5 Å². The van der Waals surface area contributed by atoms with Crippen molar-refractivity contribution in [3.8, 4) is 0 Å². The number of ether oxygens (including phenoxy) is 7. The Morgan fingerprint density at radius 3 is 2.22 bits per heavy atom. The molecule has 2 fully saturated rings. The lowest BCUT2D eigenvalue weighted by Gasteiger charge is -2.49. The molecule has 0 radical (unpaired) electrons. The van der Waals surface area contributed by atoms with Crippen LogP contribution in [0.2, 0.25) is 0 Å². The van der Waals surface area contributed by atoms with E-state index in [2.05, 4.69) is 24.8 Å². The molecule has 0 saturated carbocycles. The van der Waals surface area contributed by atoms with Gasteiger partial charge < -0.3 is 53.2 Å². The molecular weight excluding hydrogens is 750 g/mol. The van der Waals surface area contributed by atoms with E-state index in [9.17, 15) is 24.6 Å². The molecular formula is C43H77N3O12. The summed E-state index contributed by atoms with van der Waals surface area (Å²) in [4.78, 5) is 45.1. The molecule has 0 aromatic heterocycles. The second-order valence-corrected chi connectivity index (χ2v) is 18.3. The van der Waals surface area contributed by atoms with E-state index in [4.69, 9.17) is 33.2 Å². The average Bonchev–Trinajstić information content (AvgIpc) is 3.12. The normalized spacial score (nSPS) is 42.4. The van der Waals surface area contributed by atoms with E-state index in [1.54, 1.807) is 51.7 Å². The third-order valence-electron chi connectivity index (χ3n) is 12.4. The van der Waals surface area contributed by atoms with Gasteiger partial charge in [0.25, 0.3) is 0 Å². The number of esters is 2. The standard InChI is InChI=1S/C43H77N3O12/c1-17-33-25(3)18-26(4)45(14)22-24(2)20-42(10,51)38(58-41-36(49)32(19-27(5)53-41)46(15)34(48)23-44(12)13)28(6)37(29(7)40(50)56-33)57-35-21-43(11,52-16)39(30(8)54-35)55-31(9)47/h18,24,26-30,32-33,35-39,41,49,51H,17,19-23H2,1-16H3/b25-18+/t24-,26-,27-,28+,29-,30+,32+,33-,35+,36-,37+,38-,39+,41+,42-,43-/m1/s1. The van der Waals surface area contributed by atoms with Crippen molar-refractivity contribution < 1.29 is 57.8 Å². The molecule has 3 rings (SSSR count). The highest BCUT2D eigenvalue weighted by Crippen LogP contribution is 2.40. The van der Waals surface area contributed by atoms with Gasteiger partial charge in [-0.15, -0.1) is 0 Å². The highest BCUT2D eigenvalue weighted by atomic mass is 16.7. The van der Waals surface area contributed by atoms with Crippen molar-refractivity contribution in [2.24, 2.45) is 17.8 Å². The van der Waals surface area contributed by atoms with Crippen LogP contribution in [-0.2, 0) is 47.5 Å². The van der Waals surface area contributed by atoms with E-state index in [0.29, 0.717) is 19.4 Å². The summed E-state index contributed by atoms with van der Waals surface area (Å²) in [6.45, 7) is 21.0. The number of cyclic esters (lactones) is 1. The van der Waals surface area contributed by atoms with E-state index in [1.807, 2.05) is 41.7 Å². The number of aliphatic hydroxyl groups is 2. The first kappa shape index (κ1) is 50.1. The maximum atomic E-state index is 14.3. The van der Waals surface area contributed by atoms with E-state index >= 15 is 0 Å². The van der Waals surface area contributed by atoms with Gasteiger partial charge in [-0.2, -0.15) is 0 Å². The summed E-state index contributed by atoms with van der Waals surface area (Å²) in [7, 11) is 8.84. The summed E-state index contributed by atoms with van der Waals surface area (Å²) in [5.41, 5.74) is -1.63. The zero-order chi connectivity index (χ0) is 44.0. The Bertz CT molecular complexity index is 1400. The Hall–Kier alpha value is -2.21. The number of likely N-dealkylation sites (N-methyl/N-ethyl adjacent to an activating group) is 3. The molecule has 0 spiro atoms. The average molecular weight is 828 g/mol. The Balaban J connectivity index is 2.16. The van der Waals surface area contributed by atoms with Gasteiger partial charge >= 0.3 is 11.9 Å². The molecule has 0 bridgehead atoms. The van der Waals surface area contributed by atoms with Crippen molar-refractivity contribution in [3.63, 3.8) is 0 Å². The molecule has 2 saturated heterocycles. The van der Waals surface area contributed by atoms with Crippen LogP contribution in [0.3, 0.4) is 0 Å². The first-order valence-electron chi connectivity index (χ1n) is 21.1. The molecule has 2 N–H and O–H groups in total. The van der Waals surface area contributed by atoms with Crippen LogP contribution in [0.15, 0.2) is 11.6 Å². The van der Waals surface area contributed by atoms with E-state index < -0.39 is 96.3 Å². The van der Waals surface area contributed by atoms with Gasteiger partial charge in [-0.1, -0.05) is 26.8 Å². The molecule has 16 atom stereocenters. The zero-order valence-electron chi connectivity index (χ0n) is 38.2. The largest absolute Gasteiger partial charge is 0.458 e. The van der Waals surface area contributed by atoms with Gasteiger partial charge in [-0.05, 0) is 100 Å². The summed E-state index contributed by atoms with van der Waals surface area (Å²) >= 11 is 0. The second kappa shape index (κ2) is 21.0. The smallest absolute Gasteiger partial charge is 0.311 e. The Labute approximate surface area is 348 Å². The first-order chi connectivity index (χ1) is 26.8. The molecule has 0 aromatic carbocycles. The molecule has 3 aliphatic rings. The van der Waals surface area contributed by atoms with Crippen molar-refractivity contribution in [3.05, 3.63) is 11.6 Å². The monoisotopic (exact) mass is 828 g/mol. The quantitative estimate of drug-likeness (QED) is 0.242. The first-order valence-corrected chi connectivity index (χ1v) is 21.1. The van der Waals surface area contributed by atoms with Crippen LogP contribution < -0.4 is 0 Å². The minimum atomic E-state index is -1.56. The van der Waals surface area contributed by atoms with Crippen LogP contribution in [0, 0.1) is 17.8 Å². The van der Waals surface area contributed by atoms with Gasteiger partial charge in [0.15, 0.2) is 18.7 Å². The number of amides is 1. The maximum Gasteiger partial charge on any atom is 0.311 e. The van der Waals surface area contributed by atoms with Crippen molar-refractivity contribution in [2.75, 3.05) is 48.4 Å². The molecule has 15 nitrogen and oxygen atoms in total. The molecule has 3 heterocycles. The lowest BCUT2D eigenvalue weighted by atomic mass is 9.77. The number of carbonyl (C=O) groups is 3. The Morgan fingerprint density at radius 2 is 1.66 bits per heavy atom. The summed E-state index contributed by atoms with van der Waals surface area (Å²) in [6, 6.07) is -0.619. The number of rotatable bonds is 10. The Morgan fingerprint density at radius 1 is 1.02 bits per heavy atom. The summed E-state index contributed by atoms with van der Waals surface area (Å²) < 4.78 is 44.2. The topological polar surface area (TPSA) is 166 Å². The van der Waals surface area contributed by atoms with Crippen LogP contribution in [-0.4, -0.2) is 170 Å².